The number of nitrogens with zero attached hydrogens (tertiary/aromatic N) is 1. The van der Waals surface area contributed by atoms with Crippen LogP contribution in [0.1, 0.15) is 5.56 Å². The fourth-order valence-electron chi connectivity index (χ4n) is 1.34. The summed E-state index contributed by atoms with van der Waals surface area (Å²) in [5.41, 5.74) is 0.199. The Kier molecular flexibility index (Phi) is 4.78. The van der Waals surface area contributed by atoms with Crippen LogP contribution in [0.5, 0.6) is 5.75 Å². The normalized spacial score (nSPS) is 11.8. The van der Waals surface area contributed by atoms with Gasteiger partial charge in [-0.05, 0) is 11.6 Å². The molecule has 1 atom stereocenters. The molecule has 0 heterocycles. The minimum absolute atomic E-state index is 0.0445. The van der Waals surface area contributed by atoms with Crippen LogP contribution in [-0.2, 0) is 21.3 Å². The quantitative estimate of drug-likeness (QED) is 0.610. The van der Waals surface area contributed by atoms with E-state index in [9.17, 15) is 19.1 Å². The van der Waals surface area contributed by atoms with Crippen molar-refractivity contribution in [3.8, 4) is 5.75 Å². The highest BCUT2D eigenvalue weighted by molar-refractivity contribution is 7.84. The Bertz CT molecular complexity index is 501. The number of aliphatic carboxylic acids is 1. The minimum Gasteiger partial charge on any atom is -0.490 e. The van der Waals surface area contributed by atoms with Crippen molar-refractivity contribution in [1.29, 1.82) is 0 Å². The molecule has 0 saturated carbocycles. The van der Waals surface area contributed by atoms with E-state index >= 15 is 0 Å². The molecule has 0 radical (unpaired) electrons. The highest BCUT2D eigenvalue weighted by atomic mass is 32.2. The fraction of sp³-hybridized carbons (Fsp3) is 0.300. The number of nitro groups is 1. The number of ether oxygens (including phenoxy) is 1. The lowest BCUT2D eigenvalue weighted by atomic mass is 10.2. The summed E-state index contributed by atoms with van der Waals surface area (Å²) in [6, 6.07) is 4.15. The Balaban J connectivity index is 2.91. The second kappa shape index (κ2) is 6.10. The first kappa shape index (κ1) is 14.1. The fourth-order valence-corrected chi connectivity index (χ4v) is 2.27. The molecule has 0 spiro atoms. The zero-order valence-electron chi connectivity index (χ0n) is 9.49. The lowest BCUT2D eigenvalue weighted by molar-refractivity contribution is -0.385. The summed E-state index contributed by atoms with van der Waals surface area (Å²) in [5, 5.41) is 19.2. The molecule has 98 valence electrons. The van der Waals surface area contributed by atoms with Crippen LogP contribution in [0.4, 0.5) is 5.69 Å². The maximum Gasteiger partial charge on any atom is 0.316 e. The summed E-state index contributed by atoms with van der Waals surface area (Å²) in [5.74, 6) is -1.60. The molecule has 1 unspecified atom stereocenters. The average molecular weight is 273 g/mol. The minimum atomic E-state index is -1.59. The van der Waals surface area contributed by atoms with Gasteiger partial charge in [0.25, 0.3) is 0 Å². The van der Waals surface area contributed by atoms with E-state index in [4.69, 9.17) is 9.84 Å². The third-order valence-electron chi connectivity index (χ3n) is 2.05. The van der Waals surface area contributed by atoms with Crippen molar-refractivity contribution in [1.82, 2.24) is 0 Å². The topological polar surface area (TPSA) is 107 Å². The van der Waals surface area contributed by atoms with E-state index in [1.165, 1.54) is 25.3 Å². The standard InChI is InChI=1S/C10H11NO6S/c1-17-9-3-2-7(4-8(9)11(14)15)5-18(16)6-10(12)13/h2-4H,5-6H2,1H3,(H,12,13). The first-order valence-electron chi connectivity index (χ1n) is 4.82. The monoisotopic (exact) mass is 273 g/mol. The highest BCUT2D eigenvalue weighted by Gasteiger charge is 2.16. The van der Waals surface area contributed by atoms with Crippen molar-refractivity contribution in [3.05, 3.63) is 33.9 Å². The SMILES string of the molecule is COc1ccc(CS(=O)CC(=O)O)cc1[N+](=O)[O-]. The Hall–Kier alpha value is -1.96. The smallest absolute Gasteiger partial charge is 0.316 e. The van der Waals surface area contributed by atoms with Crippen molar-refractivity contribution in [2.45, 2.75) is 5.75 Å². The van der Waals surface area contributed by atoms with Gasteiger partial charge in [0.15, 0.2) is 5.75 Å². The predicted octanol–water partition coefficient (Wildman–Crippen LogP) is 0.937. The Morgan fingerprint density at radius 1 is 1.56 bits per heavy atom. The zero-order valence-corrected chi connectivity index (χ0v) is 10.3. The molecule has 0 aliphatic rings. The van der Waals surface area contributed by atoms with Crippen molar-refractivity contribution in [3.63, 3.8) is 0 Å². The first-order chi connectivity index (χ1) is 8.43. The second-order valence-electron chi connectivity index (χ2n) is 3.39. The summed E-state index contributed by atoms with van der Waals surface area (Å²) < 4.78 is 16.2. The first-order valence-corrected chi connectivity index (χ1v) is 6.31. The zero-order chi connectivity index (χ0) is 13.7. The molecule has 18 heavy (non-hydrogen) atoms. The van der Waals surface area contributed by atoms with Gasteiger partial charge in [-0.15, -0.1) is 0 Å². The van der Waals surface area contributed by atoms with Crippen LogP contribution in [0.2, 0.25) is 0 Å². The second-order valence-corrected chi connectivity index (χ2v) is 4.84. The molecule has 1 N–H and O–H groups in total. The average Bonchev–Trinajstić information content (AvgIpc) is 2.27. The van der Waals surface area contributed by atoms with Crippen LogP contribution in [-0.4, -0.2) is 33.1 Å². The van der Waals surface area contributed by atoms with Gasteiger partial charge >= 0.3 is 11.7 Å². The molecule has 1 rings (SSSR count). The van der Waals surface area contributed by atoms with E-state index in [0.717, 1.165) is 0 Å². The Morgan fingerprint density at radius 2 is 2.22 bits per heavy atom. The molecule has 7 nitrogen and oxygen atoms in total. The summed E-state index contributed by atoms with van der Waals surface area (Å²) in [7, 11) is -0.284. The van der Waals surface area contributed by atoms with Crippen LogP contribution in [0.25, 0.3) is 0 Å². The third kappa shape index (κ3) is 3.81. The molecule has 0 aliphatic carbocycles. The molecule has 0 amide bonds. The van der Waals surface area contributed by atoms with E-state index in [1.54, 1.807) is 0 Å². The number of carboxylic acid groups (broad SMARTS) is 1. The summed E-state index contributed by atoms with van der Waals surface area (Å²) in [6.07, 6.45) is 0. The molecule has 1 aromatic carbocycles. The molecular weight excluding hydrogens is 262 g/mol. The van der Waals surface area contributed by atoms with E-state index in [2.05, 4.69) is 0 Å². The molecule has 0 bridgehead atoms. The highest BCUT2D eigenvalue weighted by Crippen LogP contribution is 2.27. The maximum atomic E-state index is 11.4. The number of hydrogen-bond acceptors (Lipinski definition) is 5. The van der Waals surface area contributed by atoms with Crippen molar-refractivity contribution in [2.24, 2.45) is 0 Å². The van der Waals surface area contributed by atoms with Gasteiger partial charge in [0, 0.05) is 22.6 Å². The van der Waals surface area contributed by atoms with E-state index in [0.29, 0.717) is 5.56 Å². The van der Waals surface area contributed by atoms with Gasteiger partial charge in [-0.2, -0.15) is 0 Å². The number of carboxylic acids is 1. The molecule has 0 aliphatic heterocycles. The number of benzene rings is 1. The van der Waals surface area contributed by atoms with Gasteiger partial charge in [0.1, 0.15) is 5.75 Å². The summed E-state index contributed by atoms with van der Waals surface area (Å²) in [6.45, 7) is 0. The molecule has 1 aromatic rings. The number of hydrogen-bond donors (Lipinski definition) is 1. The van der Waals surface area contributed by atoms with Crippen molar-refractivity contribution >= 4 is 22.5 Å². The third-order valence-corrected chi connectivity index (χ3v) is 3.28. The molecular formula is C10H11NO6S. The predicted molar refractivity (Wildman–Crippen MR) is 64.0 cm³/mol. The number of carbonyl (C=O) groups is 1. The number of methoxy groups -OCH3 is 1. The van der Waals surface area contributed by atoms with Crippen LogP contribution in [0, 0.1) is 10.1 Å². The van der Waals surface area contributed by atoms with Gasteiger partial charge in [-0.3, -0.25) is 19.1 Å². The molecule has 8 heteroatoms. The van der Waals surface area contributed by atoms with Crippen molar-refractivity contribution in [2.75, 3.05) is 12.9 Å². The lowest BCUT2D eigenvalue weighted by Crippen LogP contribution is -2.10. The molecule has 0 fully saturated rings. The number of rotatable bonds is 6. The maximum absolute atomic E-state index is 11.4. The van der Waals surface area contributed by atoms with E-state index in [-0.39, 0.29) is 17.2 Å². The molecule has 0 saturated heterocycles. The number of nitro benzene ring substituents is 1. The molecule has 0 aromatic heterocycles. The van der Waals surface area contributed by atoms with Gasteiger partial charge in [0.05, 0.1) is 12.0 Å². The van der Waals surface area contributed by atoms with Crippen LogP contribution < -0.4 is 4.74 Å². The Morgan fingerprint density at radius 3 is 2.72 bits per heavy atom. The summed E-state index contributed by atoms with van der Waals surface area (Å²) >= 11 is 0. The van der Waals surface area contributed by atoms with Crippen LogP contribution in [0.3, 0.4) is 0 Å². The van der Waals surface area contributed by atoms with Gasteiger partial charge in [-0.25, -0.2) is 0 Å². The van der Waals surface area contributed by atoms with Gasteiger partial charge < -0.3 is 9.84 Å². The largest absolute Gasteiger partial charge is 0.490 e. The van der Waals surface area contributed by atoms with Gasteiger partial charge in [-0.1, -0.05) is 6.07 Å². The van der Waals surface area contributed by atoms with E-state index < -0.39 is 27.4 Å². The van der Waals surface area contributed by atoms with Crippen LogP contribution in [0.15, 0.2) is 18.2 Å². The lowest BCUT2D eigenvalue weighted by Gasteiger charge is -2.04. The summed E-state index contributed by atoms with van der Waals surface area (Å²) in [4.78, 5) is 20.5. The van der Waals surface area contributed by atoms with E-state index in [1.807, 2.05) is 0 Å². The van der Waals surface area contributed by atoms with Crippen LogP contribution >= 0.6 is 0 Å². The van der Waals surface area contributed by atoms with Gasteiger partial charge in [0.2, 0.25) is 0 Å². The van der Waals surface area contributed by atoms with Crippen molar-refractivity contribution < 1.29 is 23.8 Å². The Labute approximate surface area is 105 Å².